The van der Waals surface area contributed by atoms with Crippen LogP contribution < -0.4 is 0 Å². The zero-order valence-corrected chi connectivity index (χ0v) is 14.2. The summed E-state index contributed by atoms with van der Waals surface area (Å²) in [6.07, 6.45) is 4.04. The predicted molar refractivity (Wildman–Crippen MR) is 80.8 cm³/mol. The van der Waals surface area contributed by atoms with E-state index < -0.39 is 0 Å². The van der Waals surface area contributed by atoms with Crippen LogP contribution in [-0.2, 0) is 9.78 Å². The van der Waals surface area contributed by atoms with Crippen molar-refractivity contribution in [3.05, 3.63) is 0 Å². The molecule has 0 saturated heterocycles. The SMILES string of the molecule is CC1CC(C(OOC(C)(C)C)C(C)C)CC(C)(C)C1. The van der Waals surface area contributed by atoms with E-state index in [0.717, 1.165) is 5.92 Å². The molecule has 0 amide bonds. The molecule has 0 aromatic heterocycles. The summed E-state index contributed by atoms with van der Waals surface area (Å²) >= 11 is 0. The van der Waals surface area contributed by atoms with Crippen LogP contribution in [0.2, 0.25) is 0 Å². The molecule has 1 saturated carbocycles. The first-order valence-corrected chi connectivity index (χ1v) is 7.85. The highest BCUT2D eigenvalue weighted by Gasteiger charge is 2.38. The number of hydrogen-bond donors (Lipinski definition) is 0. The molecule has 2 heteroatoms. The van der Waals surface area contributed by atoms with Crippen molar-refractivity contribution in [3.63, 3.8) is 0 Å². The Balaban J connectivity index is 2.70. The van der Waals surface area contributed by atoms with Gasteiger partial charge in [0.1, 0.15) is 0 Å². The zero-order chi connectivity index (χ0) is 14.8. The van der Waals surface area contributed by atoms with Gasteiger partial charge in [0.15, 0.2) is 0 Å². The highest BCUT2D eigenvalue weighted by atomic mass is 17.2. The van der Waals surface area contributed by atoms with Crippen molar-refractivity contribution < 1.29 is 9.78 Å². The van der Waals surface area contributed by atoms with E-state index in [0.29, 0.717) is 17.3 Å². The first-order chi connectivity index (χ1) is 8.50. The summed E-state index contributed by atoms with van der Waals surface area (Å²) in [5.41, 5.74) is 0.198. The summed E-state index contributed by atoms with van der Waals surface area (Å²) in [6, 6.07) is 0. The van der Waals surface area contributed by atoms with E-state index in [1.807, 2.05) is 20.8 Å². The molecule has 2 nitrogen and oxygen atoms in total. The Morgan fingerprint density at radius 2 is 1.68 bits per heavy atom. The van der Waals surface area contributed by atoms with Crippen molar-refractivity contribution in [2.24, 2.45) is 23.2 Å². The third-order valence-corrected chi connectivity index (χ3v) is 3.95. The maximum absolute atomic E-state index is 5.85. The molecule has 1 aliphatic rings. The van der Waals surface area contributed by atoms with Gasteiger partial charge in [-0.3, -0.25) is 0 Å². The lowest BCUT2D eigenvalue weighted by molar-refractivity contribution is -0.388. The molecule has 0 aromatic carbocycles. The molecule has 114 valence electrons. The minimum absolute atomic E-state index is 0.209. The van der Waals surface area contributed by atoms with Crippen LogP contribution in [0.4, 0.5) is 0 Å². The minimum atomic E-state index is -0.233. The van der Waals surface area contributed by atoms with Crippen LogP contribution in [0.3, 0.4) is 0 Å². The summed E-state index contributed by atoms with van der Waals surface area (Å²) in [7, 11) is 0. The molecule has 0 N–H and O–H groups in total. The molecule has 0 aromatic rings. The van der Waals surface area contributed by atoms with E-state index in [1.165, 1.54) is 19.3 Å². The molecule has 1 aliphatic carbocycles. The van der Waals surface area contributed by atoms with Gasteiger partial charge < -0.3 is 0 Å². The standard InChI is InChI=1S/C17H34O2/c1-12(2)15(18-19-16(4,5)6)14-9-13(3)10-17(7,8)11-14/h12-15H,9-11H2,1-8H3. The molecule has 0 heterocycles. The van der Waals surface area contributed by atoms with Crippen LogP contribution in [0, 0.1) is 23.2 Å². The lowest BCUT2D eigenvalue weighted by atomic mass is 9.65. The van der Waals surface area contributed by atoms with Crippen LogP contribution in [0.25, 0.3) is 0 Å². The van der Waals surface area contributed by atoms with Crippen molar-refractivity contribution in [1.29, 1.82) is 0 Å². The first kappa shape index (κ1) is 17.0. The Morgan fingerprint density at radius 3 is 2.11 bits per heavy atom. The van der Waals surface area contributed by atoms with Gasteiger partial charge in [0.05, 0.1) is 11.7 Å². The van der Waals surface area contributed by atoms with Gasteiger partial charge in [-0.1, -0.05) is 34.6 Å². The fourth-order valence-electron chi connectivity index (χ4n) is 3.60. The van der Waals surface area contributed by atoms with E-state index in [4.69, 9.17) is 9.78 Å². The molecule has 19 heavy (non-hydrogen) atoms. The quantitative estimate of drug-likeness (QED) is 0.515. The maximum atomic E-state index is 5.85. The summed E-state index contributed by atoms with van der Waals surface area (Å²) in [5, 5.41) is 0. The fourth-order valence-corrected chi connectivity index (χ4v) is 3.60. The van der Waals surface area contributed by atoms with Crippen LogP contribution in [0.1, 0.15) is 74.7 Å². The Hall–Kier alpha value is -0.0800. The minimum Gasteiger partial charge on any atom is -0.232 e. The van der Waals surface area contributed by atoms with E-state index in [9.17, 15) is 0 Å². The average molecular weight is 270 g/mol. The van der Waals surface area contributed by atoms with Gasteiger partial charge in [0, 0.05) is 0 Å². The Morgan fingerprint density at radius 1 is 1.11 bits per heavy atom. The van der Waals surface area contributed by atoms with E-state index in [-0.39, 0.29) is 11.7 Å². The van der Waals surface area contributed by atoms with Gasteiger partial charge in [0.25, 0.3) is 0 Å². The van der Waals surface area contributed by atoms with E-state index >= 15 is 0 Å². The van der Waals surface area contributed by atoms with Gasteiger partial charge >= 0.3 is 0 Å². The van der Waals surface area contributed by atoms with Gasteiger partial charge in [-0.25, -0.2) is 9.78 Å². The Bertz CT molecular complexity index is 275. The third kappa shape index (κ3) is 5.83. The largest absolute Gasteiger partial charge is 0.232 e. The van der Waals surface area contributed by atoms with Crippen LogP contribution >= 0.6 is 0 Å². The van der Waals surface area contributed by atoms with Crippen molar-refractivity contribution >= 4 is 0 Å². The topological polar surface area (TPSA) is 18.5 Å². The second kappa shape index (κ2) is 6.13. The third-order valence-electron chi connectivity index (χ3n) is 3.95. The molecule has 3 atom stereocenters. The second-order valence-corrected chi connectivity index (χ2v) is 8.67. The average Bonchev–Trinajstić information content (AvgIpc) is 2.11. The highest BCUT2D eigenvalue weighted by molar-refractivity contribution is 4.87. The first-order valence-electron chi connectivity index (χ1n) is 7.85. The van der Waals surface area contributed by atoms with Crippen LogP contribution in [0.15, 0.2) is 0 Å². The van der Waals surface area contributed by atoms with Crippen LogP contribution in [0.5, 0.6) is 0 Å². The number of rotatable bonds is 4. The van der Waals surface area contributed by atoms with Gasteiger partial charge in [-0.15, -0.1) is 0 Å². The van der Waals surface area contributed by atoms with Crippen LogP contribution in [-0.4, -0.2) is 11.7 Å². The monoisotopic (exact) mass is 270 g/mol. The molecule has 1 rings (SSSR count). The molecule has 0 spiro atoms. The maximum Gasteiger partial charge on any atom is 0.0981 e. The molecular weight excluding hydrogens is 236 g/mol. The van der Waals surface area contributed by atoms with Crippen molar-refractivity contribution in [2.45, 2.75) is 86.4 Å². The van der Waals surface area contributed by atoms with Crippen molar-refractivity contribution in [1.82, 2.24) is 0 Å². The molecule has 0 aliphatic heterocycles. The highest BCUT2D eigenvalue weighted by Crippen LogP contribution is 2.44. The normalized spacial score (nSPS) is 29.5. The number of hydrogen-bond acceptors (Lipinski definition) is 2. The summed E-state index contributed by atoms with van der Waals surface area (Å²) < 4.78 is 0. The summed E-state index contributed by atoms with van der Waals surface area (Å²) in [5.74, 6) is 1.89. The Kier molecular flexibility index (Phi) is 5.48. The predicted octanol–water partition coefficient (Wildman–Crippen LogP) is 5.22. The summed E-state index contributed by atoms with van der Waals surface area (Å²) in [6.45, 7) is 17.7. The smallest absolute Gasteiger partial charge is 0.0981 e. The lowest BCUT2D eigenvalue weighted by Crippen LogP contribution is -2.39. The molecular formula is C17H34O2. The Labute approximate surface area is 120 Å². The van der Waals surface area contributed by atoms with Gasteiger partial charge in [0.2, 0.25) is 0 Å². The van der Waals surface area contributed by atoms with Gasteiger partial charge in [-0.05, 0) is 63.2 Å². The van der Waals surface area contributed by atoms with Crippen molar-refractivity contribution in [2.75, 3.05) is 0 Å². The second-order valence-electron chi connectivity index (χ2n) is 8.67. The molecule has 1 fully saturated rings. The summed E-state index contributed by atoms with van der Waals surface area (Å²) in [4.78, 5) is 11.5. The van der Waals surface area contributed by atoms with Crippen molar-refractivity contribution in [3.8, 4) is 0 Å². The van der Waals surface area contributed by atoms with E-state index in [2.05, 4.69) is 34.6 Å². The lowest BCUT2D eigenvalue weighted by Gasteiger charge is -2.43. The fraction of sp³-hybridized carbons (Fsp3) is 1.00. The van der Waals surface area contributed by atoms with E-state index in [1.54, 1.807) is 0 Å². The molecule has 3 unspecified atom stereocenters. The molecule has 0 radical (unpaired) electrons. The van der Waals surface area contributed by atoms with Gasteiger partial charge in [-0.2, -0.15) is 0 Å². The zero-order valence-electron chi connectivity index (χ0n) is 14.2. The molecule has 0 bridgehead atoms.